The van der Waals surface area contributed by atoms with E-state index in [-0.39, 0.29) is 11.6 Å². The lowest BCUT2D eigenvalue weighted by molar-refractivity contribution is 0.102. The molecule has 1 radical (unpaired) electrons. The highest BCUT2D eigenvalue weighted by Gasteiger charge is 2.21. The van der Waals surface area contributed by atoms with E-state index in [1.807, 2.05) is 30.3 Å². The highest BCUT2D eigenvalue weighted by molar-refractivity contribution is 6.23. The molecule has 0 bridgehead atoms. The second kappa shape index (κ2) is 10.2. The number of nitrogens with zero attached hydrogens (tertiary/aromatic N) is 5. The van der Waals surface area contributed by atoms with Gasteiger partial charge in [0.1, 0.15) is 11.4 Å². The maximum atomic E-state index is 13.0. The Kier molecular flexibility index (Phi) is 6.93. The number of amides is 1. The number of piperazine rings is 1. The first-order chi connectivity index (χ1) is 15.7. The summed E-state index contributed by atoms with van der Waals surface area (Å²) in [6.45, 7) is 3.28. The van der Waals surface area contributed by atoms with Gasteiger partial charge in [-0.15, -0.1) is 0 Å². The van der Waals surface area contributed by atoms with Gasteiger partial charge in [-0.3, -0.25) is 9.78 Å². The molecule has 0 saturated carbocycles. The average Bonchev–Trinajstić information content (AvgIpc) is 2.85. The number of anilines is 2. The van der Waals surface area contributed by atoms with Gasteiger partial charge in [0.15, 0.2) is 5.82 Å². The van der Waals surface area contributed by atoms with Crippen molar-refractivity contribution in [2.75, 3.05) is 50.6 Å². The van der Waals surface area contributed by atoms with Crippen molar-refractivity contribution in [2.24, 2.45) is 0 Å². The Hall–Kier alpha value is -3.50. The average molecular weight is 431 g/mol. The van der Waals surface area contributed by atoms with Gasteiger partial charge >= 0.3 is 7.62 Å². The molecule has 1 aliphatic heterocycles. The van der Waals surface area contributed by atoms with E-state index in [0.717, 1.165) is 43.2 Å². The zero-order valence-corrected chi connectivity index (χ0v) is 18.1. The summed E-state index contributed by atoms with van der Waals surface area (Å²) in [5, 5.41) is 2.96. The molecule has 1 aromatic carbocycles. The van der Waals surface area contributed by atoms with Crippen LogP contribution in [0, 0.1) is 0 Å². The van der Waals surface area contributed by atoms with E-state index in [9.17, 15) is 4.79 Å². The number of nitrogens with one attached hydrogen (secondary N) is 1. The van der Waals surface area contributed by atoms with E-state index < -0.39 is 0 Å². The Balaban J connectivity index is 1.49. The largest absolute Gasteiger partial charge is 0.497 e. The Bertz CT molecular complexity index is 1060. The molecule has 1 fully saturated rings. The molecule has 0 aliphatic carbocycles. The van der Waals surface area contributed by atoms with E-state index in [1.54, 1.807) is 46.5 Å². The van der Waals surface area contributed by atoms with E-state index in [4.69, 9.17) is 9.39 Å². The fraction of sp³-hybridized carbons (Fsp3) is 0.273. The van der Waals surface area contributed by atoms with Crippen molar-refractivity contribution in [3.05, 3.63) is 60.7 Å². The lowest BCUT2D eigenvalue weighted by atomic mass is 10.1. The minimum Gasteiger partial charge on any atom is -0.497 e. The Morgan fingerprint density at radius 1 is 1.03 bits per heavy atom. The maximum Gasteiger partial charge on any atom is 0.398 e. The molecule has 1 saturated heterocycles. The second-order valence-corrected chi connectivity index (χ2v) is 7.21. The highest BCUT2D eigenvalue weighted by atomic mass is 16.5. The van der Waals surface area contributed by atoms with Gasteiger partial charge < -0.3 is 24.4 Å². The summed E-state index contributed by atoms with van der Waals surface area (Å²) in [5.74, 6) is 0.896. The number of hydrogen-bond acceptors (Lipinski definition) is 8. The number of ether oxygens (including phenoxy) is 1. The van der Waals surface area contributed by atoms with E-state index >= 15 is 0 Å². The minimum atomic E-state index is -0.317. The van der Waals surface area contributed by atoms with Crippen LogP contribution < -0.4 is 15.0 Å². The van der Waals surface area contributed by atoms with Gasteiger partial charge in [-0.1, -0.05) is 0 Å². The van der Waals surface area contributed by atoms with Gasteiger partial charge in [0.05, 0.1) is 24.7 Å². The van der Waals surface area contributed by atoms with Crippen LogP contribution in [-0.4, -0.2) is 73.7 Å². The van der Waals surface area contributed by atoms with Gasteiger partial charge in [-0.05, 0) is 36.4 Å². The van der Waals surface area contributed by atoms with Crippen LogP contribution in [0.1, 0.15) is 10.5 Å². The Morgan fingerprint density at radius 2 is 1.81 bits per heavy atom. The number of carbonyl (C=O) groups excluding carboxylic acids is 1. The fourth-order valence-corrected chi connectivity index (χ4v) is 3.53. The zero-order chi connectivity index (χ0) is 22.3. The maximum absolute atomic E-state index is 13.0. The molecule has 0 unspecified atom stereocenters. The van der Waals surface area contributed by atoms with E-state index in [0.29, 0.717) is 11.5 Å². The third-order valence-corrected chi connectivity index (χ3v) is 5.19. The number of pyridine rings is 1. The van der Waals surface area contributed by atoms with E-state index in [2.05, 4.69) is 30.0 Å². The molecule has 9 nitrogen and oxygen atoms in total. The molecule has 1 aliphatic rings. The molecule has 4 rings (SSSR count). The van der Waals surface area contributed by atoms with Crippen molar-refractivity contribution >= 4 is 24.9 Å². The number of hydrogen-bond donors (Lipinski definition) is 1. The molecule has 0 spiro atoms. The molecule has 10 heteroatoms. The molecule has 163 valence electrons. The van der Waals surface area contributed by atoms with Crippen LogP contribution in [0.25, 0.3) is 11.4 Å². The van der Waals surface area contributed by atoms with Crippen molar-refractivity contribution in [2.45, 2.75) is 0 Å². The second-order valence-electron chi connectivity index (χ2n) is 7.21. The standard InChI is InChI=1S/C22H24BN6O3/c1-31-17-5-3-16(4-6-17)21-25-10-7-18(26-21)22(30)27-19-15-24-9-8-20(19)28-11-13-29(14-12-28)23-32-2/h3-10,15H,11-14H2,1-2H3,(H,27,30). The van der Waals surface area contributed by atoms with Gasteiger partial charge in [-0.2, -0.15) is 0 Å². The van der Waals surface area contributed by atoms with Gasteiger partial charge in [0.2, 0.25) is 0 Å². The van der Waals surface area contributed by atoms with Gasteiger partial charge in [0.25, 0.3) is 5.91 Å². The van der Waals surface area contributed by atoms with Crippen LogP contribution in [-0.2, 0) is 4.65 Å². The predicted molar refractivity (Wildman–Crippen MR) is 123 cm³/mol. The summed E-state index contributed by atoms with van der Waals surface area (Å²) >= 11 is 0. The summed E-state index contributed by atoms with van der Waals surface area (Å²) in [5.41, 5.74) is 2.65. The van der Waals surface area contributed by atoms with Crippen molar-refractivity contribution in [3.8, 4) is 17.1 Å². The summed E-state index contributed by atoms with van der Waals surface area (Å²) in [4.78, 5) is 30.2. The summed E-state index contributed by atoms with van der Waals surface area (Å²) in [6, 6.07) is 10.9. The summed E-state index contributed by atoms with van der Waals surface area (Å²) in [6.07, 6.45) is 4.97. The fourth-order valence-electron chi connectivity index (χ4n) is 3.53. The molecule has 1 N–H and O–H groups in total. The molecule has 3 aromatic rings. The van der Waals surface area contributed by atoms with Gasteiger partial charge in [0, 0.05) is 51.2 Å². The number of methoxy groups -OCH3 is 1. The molecular weight excluding hydrogens is 407 g/mol. The lowest BCUT2D eigenvalue weighted by Crippen LogP contribution is -2.48. The van der Waals surface area contributed by atoms with E-state index in [1.165, 1.54) is 0 Å². The zero-order valence-electron chi connectivity index (χ0n) is 18.1. The third-order valence-electron chi connectivity index (χ3n) is 5.19. The topological polar surface area (TPSA) is 92.7 Å². The normalized spacial score (nSPS) is 14.1. The Labute approximate surface area is 187 Å². The molecule has 2 aromatic heterocycles. The molecule has 32 heavy (non-hydrogen) atoms. The molecule has 3 heterocycles. The van der Waals surface area contributed by atoms with Crippen LogP contribution >= 0.6 is 0 Å². The number of rotatable bonds is 7. The quantitative estimate of drug-likeness (QED) is 0.569. The molecule has 0 atom stereocenters. The SMILES string of the molecule is CO[B]N1CCN(c2ccncc2NC(=O)c2ccnc(-c3ccc(OC)cc3)n2)CC1. The van der Waals surface area contributed by atoms with Crippen LogP contribution in [0.5, 0.6) is 5.75 Å². The van der Waals surface area contributed by atoms with Crippen LogP contribution in [0.15, 0.2) is 55.0 Å². The number of benzene rings is 1. The third kappa shape index (κ3) is 5.04. The van der Waals surface area contributed by atoms with Crippen LogP contribution in [0.2, 0.25) is 0 Å². The lowest BCUT2D eigenvalue weighted by Gasteiger charge is -2.36. The van der Waals surface area contributed by atoms with Crippen LogP contribution in [0.3, 0.4) is 0 Å². The monoisotopic (exact) mass is 431 g/mol. The summed E-state index contributed by atoms with van der Waals surface area (Å²) in [7, 11) is 5.00. The molecule has 1 amide bonds. The minimum absolute atomic E-state index is 0.278. The van der Waals surface area contributed by atoms with Crippen LogP contribution in [0.4, 0.5) is 11.4 Å². The first-order valence-electron chi connectivity index (χ1n) is 10.3. The smallest absolute Gasteiger partial charge is 0.398 e. The highest BCUT2D eigenvalue weighted by Crippen LogP contribution is 2.26. The first-order valence-corrected chi connectivity index (χ1v) is 10.3. The number of carbonyl (C=O) groups is 1. The molecular formula is C22H24BN6O3. The first kappa shape index (κ1) is 21.7. The van der Waals surface area contributed by atoms with Gasteiger partial charge in [-0.25, -0.2) is 9.97 Å². The van der Waals surface area contributed by atoms with Crippen molar-refractivity contribution < 1.29 is 14.2 Å². The van der Waals surface area contributed by atoms with Crippen molar-refractivity contribution in [1.82, 2.24) is 19.8 Å². The van der Waals surface area contributed by atoms with Crippen molar-refractivity contribution in [3.63, 3.8) is 0 Å². The Morgan fingerprint density at radius 3 is 2.53 bits per heavy atom. The number of aromatic nitrogens is 3. The van der Waals surface area contributed by atoms with Crippen molar-refractivity contribution in [1.29, 1.82) is 0 Å². The predicted octanol–water partition coefficient (Wildman–Crippen LogP) is 2.10. The summed E-state index contributed by atoms with van der Waals surface area (Å²) < 4.78 is 10.3.